The Bertz CT molecular complexity index is 1640. The second kappa shape index (κ2) is 8.53. The molecule has 2 aromatic heterocycles. The van der Waals surface area contributed by atoms with Gasteiger partial charge in [-0.15, -0.1) is 0 Å². The van der Waals surface area contributed by atoms with E-state index in [2.05, 4.69) is 10.3 Å². The number of nitrogens with one attached hydrogen (secondary N) is 2. The van der Waals surface area contributed by atoms with Gasteiger partial charge in [0, 0.05) is 39.9 Å². The Balaban J connectivity index is 1.64. The molecule has 1 amide bonds. The summed E-state index contributed by atoms with van der Waals surface area (Å²) >= 11 is 6.18. The number of halogens is 1. The van der Waals surface area contributed by atoms with Gasteiger partial charge in [-0.05, 0) is 53.9 Å². The lowest BCUT2D eigenvalue weighted by molar-refractivity contribution is 0.0685. The van der Waals surface area contributed by atoms with Crippen LogP contribution in [0.2, 0.25) is 5.02 Å². The zero-order chi connectivity index (χ0) is 23.8. The van der Waals surface area contributed by atoms with Crippen LogP contribution in [0.3, 0.4) is 0 Å². The van der Waals surface area contributed by atoms with Crippen molar-refractivity contribution < 1.29 is 14.7 Å². The number of benzene rings is 3. The number of aromatic carboxylic acids is 1. The fourth-order valence-electron chi connectivity index (χ4n) is 4.10. The Hall–Kier alpha value is -4.36. The minimum Gasteiger partial charge on any atom is -0.477 e. The summed E-state index contributed by atoms with van der Waals surface area (Å²) in [4.78, 5) is 41.7. The molecule has 0 aliphatic carbocycles. The quantitative estimate of drug-likeness (QED) is 0.344. The molecule has 0 unspecified atom stereocenters. The van der Waals surface area contributed by atoms with Crippen molar-refractivity contribution in [2.45, 2.75) is 6.54 Å². The van der Waals surface area contributed by atoms with Crippen molar-refractivity contribution in [2.24, 2.45) is 0 Å². The number of hydrogen-bond donors (Lipinski definition) is 3. The first-order valence-electron chi connectivity index (χ1n) is 10.5. The summed E-state index contributed by atoms with van der Waals surface area (Å²) in [7, 11) is 0. The molecule has 0 spiro atoms. The minimum atomic E-state index is -1.29. The predicted octanol–water partition coefficient (Wildman–Crippen LogP) is 4.75. The Labute approximate surface area is 198 Å². The molecular formula is C26H18ClN3O4. The number of carbonyl (C=O) groups excluding carboxylic acids is 1. The standard InChI is InChI=1S/C26H18ClN3O4/c27-17-8-9-19-22(13-17)30(18-4-2-1-3-5-18)23(26(33)34)20(24(19)31)14-29-25(32)16-7-6-15-10-11-28-21(15)12-16/h1-13,28H,14H2,(H,29,32)(H,33,34). The van der Waals surface area contributed by atoms with Crippen LogP contribution in [0.15, 0.2) is 83.8 Å². The topological polar surface area (TPSA) is 104 Å². The molecule has 0 radical (unpaired) electrons. The Morgan fingerprint density at radius 3 is 2.56 bits per heavy atom. The van der Waals surface area contributed by atoms with Crippen molar-refractivity contribution in [3.05, 3.63) is 111 Å². The van der Waals surface area contributed by atoms with Gasteiger partial charge < -0.3 is 20.0 Å². The van der Waals surface area contributed by atoms with Gasteiger partial charge in [0.05, 0.1) is 11.1 Å². The number of carbonyl (C=O) groups is 2. The molecule has 0 aliphatic rings. The number of amides is 1. The van der Waals surface area contributed by atoms with Crippen LogP contribution in [-0.2, 0) is 6.54 Å². The van der Waals surface area contributed by atoms with E-state index in [9.17, 15) is 19.5 Å². The van der Waals surface area contributed by atoms with Gasteiger partial charge in [-0.25, -0.2) is 4.79 Å². The number of pyridine rings is 1. The first kappa shape index (κ1) is 21.5. The maximum atomic E-state index is 13.4. The second-order valence-electron chi connectivity index (χ2n) is 7.76. The number of carboxylic acid groups (broad SMARTS) is 1. The van der Waals surface area contributed by atoms with Crippen LogP contribution in [0.4, 0.5) is 0 Å². The summed E-state index contributed by atoms with van der Waals surface area (Å²) in [5.41, 5.74) is 1.38. The number of aromatic amines is 1. The van der Waals surface area contributed by atoms with Crippen LogP contribution in [0.25, 0.3) is 27.5 Å². The third kappa shape index (κ3) is 3.72. The van der Waals surface area contributed by atoms with E-state index in [4.69, 9.17) is 11.6 Å². The number of nitrogens with zero attached hydrogens (tertiary/aromatic N) is 1. The van der Waals surface area contributed by atoms with Crippen LogP contribution in [0.5, 0.6) is 0 Å². The maximum Gasteiger partial charge on any atom is 0.353 e. The molecule has 5 rings (SSSR count). The highest BCUT2D eigenvalue weighted by Crippen LogP contribution is 2.25. The third-order valence-electron chi connectivity index (χ3n) is 5.69. The monoisotopic (exact) mass is 471 g/mol. The summed E-state index contributed by atoms with van der Waals surface area (Å²) in [6, 6.07) is 20.6. The number of fused-ring (bicyclic) bond motifs is 2. The first-order chi connectivity index (χ1) is 16.4. The molecule has 0 saturated heterocycles. The van der Waals surface area contributed by atoms with Crippen molar-refractivity contribution in [3.63, 3.8) is 0 Å². The largest absolute Gasteiger partial charge is 0.477 e. The molecule has 3 N–H and O–H groups in total. The van der Waals surface area contributed by atoms with Crippen LogP contribution in [0, 0.1) is 0 Å². The molecule has 0 fully saturated rings. The van der Waals surface area contributed by atoms with Crippen molar-refractivity contribution in [2.75, 3.05) is 0 Å². The lowest BCUT2D eigenvalue weighted by Gasteiger charge is -2.19. The van der Waals surface area contributed by atoms with Gasteiger partial charge in [-0.2, -0.15) is 0 Å². The van der Waals surface area contributed by atoms with Crippen LogP contribution in [0.1, 0.15) is 26.4 Å². The Kier molecular flexibility index (Phi) is 5.39. The zero-order valence-electron chi connectivity index (χ0n) is 17.7. The molecule has 34 heavy (non-hydrogen) atoms. The minimum absolute atomic E-state index is 0.0273. The van der Waals surface area contributed by atoms with Crippen LogP contribution >= 0.6 is 11.6 Å². The van der Waals surface area contributed by atoms with E-state index in [0.29, 0.717) is 27.2 Å². The Morgan fingerprint density at radius 1 is 1.00 bits per heavy atom. The lowest BCUT2D eigenvalue weighted by Crippen LogP contribution is -2.30. The average molecular weight is 472 g/mol. The highest BCUT2D eigenvalue weighted by Gasteiger charge is 2.24. The van der Waals surface area contributed by atoms with Crippen molar-refractivity contribution in [3.8, 4) is 5.69 Å². The Morgan fingerprint density at radius 2 is 1.79 bits per heavy atom. The number of para-hydroxylation sites is 1. The van der Waals surface area contributed by atoms with E-state index >= 15 is 0 Å². The molecule has 0 aliphatic heterocycles. The van der Waals surface area contributed by atoms with Crippen molar-refractivity contribution >= 4 is 45.3 Å². The highest BCUT2D eigenvalue weighted by molar-refractivity contribution is 6.31. The van der Waals surface area contributed by atoms with E-state index in [0.717, 1.165) is 10.9 Å². The third-order valence-corrected chi connectivity index (χ3v) is 5.92. The van der Waals surface area contributed by atoms with Gasteiger partial charge in [0.2, 0.25) is 0 Å². The molecule has 5 aromatic rings. The molecule has 0 bridgehead atoms. The average Bonchev–Trinajstić information content (AvgIpc) is 3.31. The normalized spacial score (nSPS) is 11.1. The molecule has 2 heterocycles. The lowest BCUT2D eigenvalue weighted by atomic mass is 10.1. The highest BCUT2D eigenvalue weighted by atomic mass is 35.5. The molecule has 0 atom stereocenters. The maximum absolute atomic E-state index is 13.4. The first-order valence-corrected chi connectivity index (χ1v) is 10.8. The number of aromatic nitrogens is 2. The van der Waals surface area contributed by atoms with Crippen molar-refractivity contribution in [1.29, 1.82) is 0 Å². The number of hydrogen-bond acceptors (Lipinski definition) is 3. The van der Waals surface area contributed by atoms with Gasteiger partial charge >= 0.3 is 5.97 Å². The number of H-pyrrole nitrogens is 1. The van der Waals surface area contributed by atoms with Crippen LogP contribution < -0.4 is 10.7 Å². The summed E-state index contributed by atoms with van der Waals surface area (Å²) in [6.45, 7) is -0.256. The number of rotatable bonds is 5. The smallest absolute Gasteiger partial charge is 0.353 e. The van der Waals surface area contributed by atoms with Gasteiger partial charge in [0.1, 0.15) is 5.69 Å². The molecule has 7 nitrogen and oxygen atoms in total. The summed E-state index contributed by atoms with van der Waals surface area (Å²) in [6.07, 6.45) is 1.78. The van der Waals surface area contributed by atoms with Gasteiger partial charge in [0.15, 0.2) is 5.43 Å². The molecule has 0 saturated carbocycles. The van der Waals surface area contributed by atoms with Gasteiger partial charge in [0.25, 0.3) is 5.91 Å². The van der Waals surface area contributed by atoms with Crippen molar-refractivity contribution in [1.82, 2.24) is 14.9 Å². The second-order valence-corrected chi connectivity index (χ2v) is 8.19. The molecular weight excluding hydrogens is 454 g/mol. The summed E-state index contributed by atoms with van der Waals surface area (Å²) in [5, 5.41) is 14.5. The fourth-order valence-corrected chi connectivity index (χ4v) is 4.27. The molecule has 3 aromatic carbocycles. The summed E-state index contributed by atoms with van der Waals surface area (Å²) < 4.78 is 1.48. The predicted molar refractivity (Wildman–Crippen MR) is 131 cm³/mol. The van der Waals surface area contributed by atoms with Crippen LogP contribution in [-0.4, -0.2) is 26.5 Å². The zero-order valence-corrected chi connectivity index (χ0v) is 18.5. The SMILES string of the molecule is O=C(NCc1c(C(=O)O)n(-c2ccccc2)c2cc(Cl)ccc2c1=O)c1ccc2cc[nH]c2c1. The molecule has 168 valence electrons. The molecule has 8 heteroatoms. The van der Waals surface area contributed by atoms with E-state index in [-0.39, 0.29) is 17.8 Å². The van der Waals surface area contributed by atoms with E-state index < -0.39 is 17.3 Å². The fraction of sp³-hybridized carbons (Fsp3) is 0.0385. The summed E-state index contributed by atoms with van der Waals surface area (Å²) in [5.74, 6) is -1.71. The van der Waals surface area contributed by atoms with E-state index in [1.807, 2.05) is 18.2 Å². The van der Waals surface area contributed by atoms with E-state index in [1.54, 1.807) is 60.8 Å². The van der Waals surface area contributed by atoms with Gasteiger partial charge in [-0.3, -0.25) is 9.59 Å². The van der Waals surface area contributed by atoms with Gasteiger partial charge in [-0.1, -0.05) is 35.9 Å². The number of carboxylic acids is 1. The van der Waals surface area contributed by atoms with E-state index in [1.165, 1.54) is 4.57 Å².